The highest BCUT2D eigenvalue weighted by molar-refractivity contribution is 5.78. The fraction of sp³-hybridized carbons (Fsp3) is 0.304. The molecule has 1 nitrogen and oxygen atoms in total. The maximum atomic E-state index is 2.47. The van der Waals surface area contributed by atoms with Gasteiger partial charge in [0.05, 0.1) is 0 Å². The number of benzene rings is 2. The van der Waals surface area contributed by atoms with Crippen LogP contribution in [0.25, 0.3) is 0 Å². The predicted molar refractivity (Wildman–Crippen MR) is 103 cm³/mol. The summed E-state index contributed by atoms with van der Waals surface area (Å²) in [4.78, 5) is 2.47. The van der Waals surface area contributed by atoms with Crippen LogP contribution in [0.3, 0.4) is 0 Å². The van der Waals surface area contributed by atoms with E-state index in [9.17, 15) is 0 Å². The van der Waals surface area contributed by atoms with E-state index < -0.39 is 0 Å². The van der Waals surface area contributed by atoms with Crippen LogP contribution in [0.1, 0.15) is 39.7 Å². The van der Waals surface area contributed by atoms with Crippen LogP contribution in [-0.2, 0) is 5.41 Å². The predicted octanol–water partition coefficient (Wildman–Crippen LogP) is 6.36. The van der Waals surface area contributed by atoms with Gasteiger partial charge in [-0.2, -0.15) is 0 Å². The van der Waals surface area contributed by atoms with E-state index in [0.717, 1.165) is 6.42 Å². The zero-order valence-corrected chi connectivity index (χ0v) is 15.0. The number of nitrogens with zero attached hydrogens (tertiary/aromatic N) is 1. The minimum atomic E-state index is 0.0320. The van der Waals surface area contributed by atoms with E-state index in [1.165, 1.54) is 28.2 Å². The Hall–Kier alpha value is -2.28. The standard InChI is InChI=1S/C23H25N/c1-22(2)15-14-19-21(16-22)24(17-10-6-5-7-11-17)20-13-9-8-12-18(20)23(19,3)4/h5-15H,16H2,1-4H3. The average Bonchev–Trinajstić information content (AvgIpc) is 2.55. The van der Waals surface area contributed by atoms with Gasteiger partial charge in [0.15, 0.2) is 0 Å². The normalized spacial score (nSPS) is 20.6. The molecule has 1 aliphatic carbocycles. The largest absolute Gasteiger partial charge is 0.314 e. The maximum Gasteiger partial charge on any atom is 0.0499 e. The first-order chi connectivity index (χ1) is 11.4. The third kappa shape index (κ3) is 2.23. The lowest BCUT2D eigenvalue weighted by Gasteiger charge is -2.46. The molecule has 1 heterocycles. The Labute approximate surface area is 145 Å². The van der Waals surface area contributed by atoms with E-state index in [1.807, 2.05) is 0 Å². The molecule has 2 aromatic carbocycles. The molecule has 122 valence electrons. The fourth-order valence-corrected chi connectivity index (χ4v) is 4.12. The summed E-state index contributed by atoms with van der Waals surface area (Å²) in [5, 5.41) is 0. The zero-order valence-electron chi connectivity index (χ0n) is 15.0. The van der Waals surface area contributed by atoms with Crippen LogP contribution in [0, 0.1) is 5.41 Å². The van der Waals surface area contributed by atoms with Gasteiger partial charge in [0.1, 0.15) is 0 Å². The molecule has 0 radical (unpaired) electrons. The molecule has 0 saturated heterocycles. The highest BCUT2D eigenvalue weighted by Crippen LogP contribution is 2.52. The molecule has 0 unspecified atom stereocenters. The van der Waals surface area contributed by atoms with E-state index in [2.05, 4.69) is 99.3 Å². The molecule has 0 atom stereocenters. The van der Waals surface area contributed by atoms with Crippen LogP contribution in [0.2, 0.25) is 0 Å². The molecule has 0 aromatic heterocycles. The lowest BCUT2D eigenvalue weighted by molar-refractivity contribution is 0.448. The third-order valence-electron chi connectivity index (χ3n) is 5.41. The van der Waals surface area contributed by atoms with Gasteiger partial charge in [0, 0.05) is 22.5 Å². The van der Waals surface area contributed by atoms with Crippen LogP contribution in [0.15, 0.2) is 78.0 Å². The molecule has 0 spiro atoms. The molecule has 0 amide bonds. The van der Waals surface area contributed by atoms with Crippen LogP contribution < -0.4 is 4.90 Å². The highest BCUT2D eigenvalue weighted by atomic mass is 15.2. The third-order valence-corrected chi connectivity index (χ3v) is 5.41. The van der Waals surface area contributed by atoms with Crippen molar-refractivity contribution in [1.29, 1.82) is 0 Å². The van der Waals surface area contributed by atoms with Crippen molar-refractivity contribution in [1.82, 2.24) is 0 Å². The number of rotatable bonds is 1. The van der Waals surface area contributed by atoms with Gasteiger partial charge in [-0.15, -0.1) is 0 Å². The van der Waals surface area contributed by atoms with Gasteiger partial charge in [0.2, 0.25) is 0 Å². The fourth-order valence-electron chi connectivity index (χ4n) is 4.12. The van der Waals surface area contributed by atoms with Gasteiger partial charge in [0.25, 0.3) is 0 Å². The summed E-state index contributed by atoms with van der Waals surface area (Å²) in [6, 6.07) is 19.6. The monoisotopic (exact) mass is 315 g/mol. The Morgan fingerprint density at radius 3 is 2.25 bits per heavy atom. The van der Waals surface area contributed by atoms with Gasteiger partial charge in [-0.3, -0.25) is 0 Å². The Morgan fingerprint density at radius 1 is 0.833 bits per heavy atom. The minimum absolute atomic E-state index is 0.0320. The van der Waals surface area contributed by atoms with E-state index in [4.69, 9.17) is 0 Å². The second kappa shape index (κ2) is 5.11. The Kier molecular flexibility index (Phi) is 3.25. The van der Waals surface area contributed by atoms with Crippen LogP contribution >= 0.6 is 0 Å². The van der Waals surface area contributed by atoms with Crippen molar-refractivity contribution < 1.29 is 0 Å². The van der Waals surface area contributed by atoms with E-state index in [1.54, 1.807) is 0 Å². The molecule has 1 aliphatic heterocycles. The molecule has 0 N–H and O–H groups in total. The average molecular weight is 315 g/mol. The van der Waals surface area contributed by atoms with Crippen LogP contribution in [-0.4, -0.2) is 0 Å². The number of fused-ring (bicyclic) bond motifs is 1. The van der Waals surface area contributed by atoms with E-state index >= 15 is 0 Å². The molecule has 0 fully saturated rings. The van der Waals surface area contributed by atoms with Gasteiger partial charge in [-0.05, 0) is 41.2 Å². The summed E-state index contributed by atoms with van der Waals surface area (Å²) in [5.74, 6) is 0. The second-order valence-electron chi connectivity index (χ2n) is 8.17. The van der Waals surface area contributed by atoms with Crippen molar-refractivity contribution in [3.63, 3.8) is 0 Å². The molecular weight excluding hydrogens is 290 g/mol. The lowest BCUT2D eigenvalue weighted by Crippen LogP contribution is -2.37. The van der Waals surface area contributed by atoms with E-state index in [0.29, 0.717) is 0 Å². The first kappa shape index (κ1) is 15.3. The number of para-hydroxylation sites is 2. The van der Waals surface area contributed by atoms with Crippen molar-refractivity contribution in [2.75, 3.05) is 4.90 Å². The maximum absolute atomic E-state index is 2.47. The molecule has 1 heteroatoms. The molecular formula is C23H25N. The number of allylic oxidation sites excluding steroid dienone is 4. The van der Waals surface area contributed by atoms with Crippen LogP contribution in [0.5, 0.6) is 0 Å². The Balaban J connectivity index is 2.00. The number of hydrogen-bond acceptors (Lipinski definition) is 1. The summed E-state index contributed by atoms with van der Waals surface area (Å²) in [7, 11) is 0. The molecule has 2 aliphatic rings. The topological polar surface area (TPSA) is 3.24 Å². The smallest absolute Gasteiger partial charge is 0.0499 e. The quantitative estimate of drug-likeness (QED) is 0.592. The Bertz CT molecular complexity index is 837. The summed E-state index contributed by atoms with van der Waals surface area (Å²) < 4.78 is 0. The molecule has 2 aromatic rings. The van der Waals surface area contributed by atoms with Gasteiger partial charge in [-0.25, -0.2) is 0 Å². The van der Waals surface area contributed by atoms with Crippen LogP contribution in [0.4, 0.5) is 11.4 Å². The number of hydrogen-bond donors (Lipinski definition) is 0. The van der Waals surface area contributed by atoms with Gasteiger partial charge >= 0.3 is 0 Å². The zero-order chi connectivity index (χ0) is 16.9. The van der Waals surface area contributed by atoms with E-state index in [-0.39, 0.29) is 10.8 Å². The minimum Gasteiger partial charge on any atom is -0.314 e. The highest BCUT2D eigenvalue weighted by Gasteiger charge is 2.40. The Morgan fingerprint density at radius 2 is 1.50 bits per heavy atom. The van der Waals surface area contributed by atoms with Crippen molar-refractivity contribution in [3.05, 3.63) is 83.6 Å². The molecule has 0 bridgehead atoms. The first-order valence-corrected chi connectivity index (χ1v) is 8.78. The summed E-state index contributed by atoms with van der Waals surface area (Å²) in [5.41, 5.74) is 7.08. The summed E-state index contributed by atoms with van der Waals surface area (Å²) in [6.45, 7) is 9.35. The van der Waals surface area contributed by atoms with Crippen molar-refractivity contribution >= 4 is 11.4 Å². The summed E-state index contributed by atoms with van der Waals surface area (Å²) >= 11 is 0. The molecule has 0 saturated carbocycles. The van der Waals surface area contributed by atoms with Crippen molar-refractivity contribution in [3.8, 4) is 0 Å². The second-order valence-corrected chi connectivity index (χ2v) is 8.17. The first-order valence-electron chi connectivity index (χ1n) is 8.78. The number of anilines is 2. The summed E-state index contributed by atoms with van der Waals surface area (Å²) in [6.07, 6.45) is 5.81. The SMILES string of the molecule is CC1(C)C=CC2=C(C1)N(c1ccccc1)c1ccccc1C2(C)C. The molecule has 4 rings (SSSR count). The lowest BCUT2D eigenvalue weighted by atomic mass is 9.68. The van der Waals surface area contributed by atoms with Crippen molar-refractivity contribution in [2.45, 2.75) is 39.5 Å². The van der Waals surface area contributed by atoms with Gasteiger partial charge in [-0.1, -0.05) is 76.2 Å². The van der Waals surface area contributed by atoms with Gasteiger partial charge < -0.3 is 4.90 Å². The molecule has 24 heavy (non-hydrogen) atoms. The van der Waals surface area contributed by atoms with Crippen molar-refractivity contribution in [2.24, 2.45) is 5.41 Å².